The number of benzene rings is 1. The molecule has 1 fully saturated rings. The number of carbonyl (C=O) groups excluding carboxylic acids is 3. The Morgan fingerprint density at radius 2 is 1.72 bits per heavy atom. The van der Waals surface area contributed by atoms with Crippen LogP contribution >= 0.6 is 34.5 Å². The maximum Gasteiger partial charge on any atom is 0.341 e. The van der Waals surface area contributed by atoms with Crippen molar-refractivity contribution in [3.63, 3.8) is 0 Å². The van der Waals surface area contributed by atoms with E-state index in [4.69, 9.17) is 33.7 Å². The number of amides is 2. The summed E-state index contributed by atoms with van der Waals surface area (Å²) in [6.07, 6.45) is 0. The van der Waals surface area contributed by atoms with Crippen molar-refractivity contribution in [1.29, 1.82) is 0 Å². The monoisotopic (exact) mass is 498 g/mol. The van der Waals surface area contributed by atoms with E-state index in [1.54, 1.807) is 6.92 Å². The zero-order chi connectivity index (χ0) is 23.4. The van der Waals surface area contributed by atoms with E-state index < -0.39 is 11.9 Å². The van der Waals surface area contributed by atoms with E-state index in [1.807, 2.05) is 23.1 Å². The highest BCUT2D eigenvalue weighted by molar-refractivity contribution is 7.18. The molecule has 0 radical (unpaired) electrons. The molecule has 1 aliphatic rings. The SMILES string of the molecule is COC(=O)c1c(NC(=O)CN2CCN(Cc3c(Cl)cccc3Cl)CC2)sc(C(N)=O)c1C. The van der Waals surface area contributed by atoms with Gasteiger partial charge >= 0.3 is 5.97 Å². The van der Waals surface area contributed by atoms with Gasteiger partial charge in [-0.2, -0.15) is 0 Å². The molecular formula is C21H24Cl2N4O4S. The average molecular weight is 499 g/mol. The third-order valence-electron chi connectivity index (χ3n) is 5.29. The van der Waals surface area contributed by atoms with E-state index >= 15 is 0 Å². The standard InChI is InChI=1S/C21H24Cl2N4O4S/c1-12-17(21(30)31-2)20(32-18(12)19(24)29)25-16(28)11-27-8-6-26(7-9-27)10-13-14(22)4-3-5-15(13)23/h3-5H,6-11H2,1-2H3,(H2,24,29)(H,25,28). The van der Waals surface area contributed by atoms with Crippen LogP contribution in [0.15, 0.2) is 18.2 Å². The third kappa shape index (κ3) is 5.60. The summed E-state index contributed by atoms with van der Waals surface area (Å²) in [7, 11) is 1.24. The minimum absolute atomic E-state index is 0.154. The number of primary amides is 1. The van der Waals surface area contributed by atoms with Crippen LogP contribution in [0.1, 0.15) is 31.2 Å². The molecule has 1 saturated heterocycles. The van der Waals surface area contributed by atoms with E-state index in [0.717, 1.165) is 30.0 Å². The Kier molecular flexibility index (Phi) is 8.13. The van der Waals surface area contributed by atoms with Gasteiger partial charge in [-0.1, -0.05) is 29.3 Å². The molecule has 1 aromatic heterocycles. The van der Waals surface area contributed by atoms with E-state index in [9.17, 15) is 14.4 Å². The molecule has 2 heterocycles. The van der Waals surface area contributed by atoms with Crippen LogP contribution in [0, 0.1) is 6.92 Å². The lowest BCUT2D eigenvalue weighted by molar-refractivity contribution is -0.117. The van der Waals surface area contributed by atoms with Crippen molar-refractivity contribution in [2.45, 2.75) is 13.5 Å². The Bertz CT molecular complexity index is 1010. The lowest BCUT2D eigenvalue weighted by Crippen LogP contribution is -2.48. The number of nitrogens with zero attached hydrogens (tertiary/aromatic N) is 2. The second-order valence-corrected chi connectivity index (χ2v) is 9.25. The highest BCUT2D eigenvalue weighted by atomic mass is 35.5. The van der Waals surface area contributed by atoms with Crippen molar-refractivity contribution in [3.8, 4) is 0 Å². The third-order valence-corrected chi connectivity index (χ3v) is 7.22. The van der Waals surface area contributed by atoms with Gasteiger partial charge in [-0.3, -0.25) is 19.4 Å². The first kappa shape index (κ1) is 24.5. The fourth-order valence-corrected chi connectivity index (χ4v) is 5.15. The number of nitrogens with two attached hydrogens (primary N) is 1. The van der Waals surface area contributed by atoms with Crippen LogP contribution in [0.25, 0.3) is 0 Å². The van der Waals surface area contributed by atoms with E-state index in [-0.39, 0.29) is 27.9 Å². The number of hydrogen-bond acceptors (Lipinski definition) is 7. The Balaban J connectivity index is 1.58. The van der Waals surface area contributed by atoms with Crippen LogP contribution in [-0.2, 0) is 16.1 Å². The van der Waals surface area contributed by atoms with Gasteiger partial charge < -0.3 is 15.8 Å². The number of ether oxygens (including phenoxy) is 1. The second kappa shape index (κ2) is 10.6. The normalized spacial score (nSPS) is 14.9. The van der Waals surface area contributed by atoms with Gasteiger partial charge in [0.1, 0.15) is 5.00 Å². The first-order valence-electron chi connectivity index (χ1n) is 9.90. The lowest BCUT2D eigenvalue weighted by atomic mass is 10.1. The molecule has 3 N–H and O–H groups in total. The molecule has 172 valence electrons. The van der Waals surface area contributed by atoms with Crippen LogP contribution < -0.4 is 11.1 Å². The number of carbonyl (C=O) groups is 3. The first-order chi connectivity index (χ1) is 15.2. The molecule has 8 nitrogen and oxygen atoms in total. The predicted octanol–water partition coefficient (Wildman–Crippen LogP) is 3.01. The molecule has 1 aromatic carbocycles. The molecule has 3 rings (SSSR count). The lowest BCUT2D eigenvalue weighted by Gasteiger charge is -2.34. The number of anilines is 1. The second-order valence-electron chi connectivity index (χ2n) is 7.42. The highest BCUT2D eigenvalue weighted by Crippen LogP contribution is 2.33. The summed E-state index contributed by atoms with van der Waals surface area (Å²) < 4.78 is 4.79. The Morgan fingerprint density at radius 1 is 1.12 bits per heavy atom. The first-order valence-corrected chi connectivity index (χ1v) is 11.5. The molecule has 0 spiro atoms. The van der Waals surface area contributed by atoms with E-state index in [1.165, 1.54) is 7.11 Å². The molecule has 0 bridgehead atoms. The summed E-state index contributed by atoms with van der Waals surface area (Å²) in [5.41, 5.74) is 6.83. The van der Waals surface area contributed by atoms with Gasteiger partial charge in [0.25, 0.3) is 5.91 Å². The minimum atomic E-state index is -0.659. The number of hydrogen-bond donors (Lipinski definition) is 2. The average Bonchev–Trinajstić information content (AvgIpc) is 3.07. The van der Waals surface area contributed by atoms with Crippen molar-refractivity contribution in [1.82, 2.24) is 9.80 Å². The fraction of sp³-hybridized carbons (Fsp3) is 0.381. The molecule has 0 atom stereocenters. The molecule has 0 saturated carbocycles. The van der Waals surface area contributed by atoms with Gasteiger partial charge in [-0.25, -0.2) is 4.79 Å². The van der Waals surface area contributed by atoms with Crippen LogP contribution in [0.3, 0.4) is 0 Å². The highest BCUT2D eigenvalue weighted by Gasteiger charge is 2.26. The summed E-state index contributed by atoms with van der Waals surface area (Å²) in [6.45, 7) is 5.29. The van der Waals surface area contributed by atoms with Crippen molar-refractivity contribution in [2.75, 3.05) is 45.2 Å². The maximum atomic E-state index is 12.6. The number of thiophene rings is 1. The van der Waals surface area contributed by atoms with Crippen molar-refractivity contribution in [2.24, 2.45) is 5.73 Å². The molecule has 1 aliphatic heterocycles. The molecule has 2 aromatic rings. The van der Waals surface area contributed by atoms with Crippen molar-refractivity contribution in [3.05, 3.63) is 49.8 Å². The van der Waals surface area contributed by atoms with Gasteiger partial charge in [0.05, 0.1) is 24.1 Å². The molecular weight excluding hydrogens is 475 g/mol. The van der Waals surface area contributed by atoms with E-state index in [0.29, 0.717) is 35.2 Å². The molecule has 0 aliphatic carbocycles. The van der Waals surface area contributed by atoms with Crippen molar-refractivity contribution >= 4 is 57.3 Å². The molecule has 0 unspecified atom stereocenters. The summed E-state index contributed by atoms with van der Waals surface area (Å²) >= 11 is 13.5. The summed E-state index contributed by atoms with van der Waals surface area (Å²) in [5.74, 6) is -1.57. The number of rotatable bonds is 7. The maximum absolute atomic E-state index is 12.6. The van der Waals surface area contributed by atoms with Gasteiger partial charge in [-0.05, 0) is 24.6 Å². The number of piperazine rings is 1. The Morgan fingerprint density at radius 3 is 2.28 bits per heavy atom. The topological polar surface area (TPSA) is 105 Å². The van der Waals surface area contributed by atoms with E-state index in [2.05, 4.69) is 10.2 Å². The number of methoxy groups -OCH3 is 1. The van der Waals surface area contributed by atoms with Crippen LogP contribution in [0.5, 0.6) is 0 Å². The zero-order valence-electron chi connectivity index (χ0n) is 17.7. The van der Waals surface area contributed by atoms with Crippen LogP contribution in [0.4, 0.5) is 5.00 Å². The Hall–Kier alpha value is -2.17. The quantitative estimate of drug-likeness (QED) is 0.568. The van der Waals surface area contributed by atoms with Gasteiger partial charge in [0.15, 0.2) is 0 Å². The minimum Gasteiger partial charge on any atom is -0.465 e. The van der Waals surface area contributed by atoms with Gasteiger partial charge in [0.2, 0.25) is 5.91 Å². The molecule has 32 heavy (non-hydrogen) atoms. The van der Waals surface area contributed by atoms with Crippen molar-refractivity contribution < 1.29 is 19.1 Å². The van der Waals surface area contributed by atoms with Crippen LogP contribution in [0.2, 0.25) is 10.0 Å². The summed E-state index contributed by atoms with van der Waals surface area (Å²) in [4.78, 5) is 40.9. The number of esters is 1. The number of nitrogens with one attached hydrogen (secondary N) is 1. The summed E-state index contributed by atoms with van der Waals surface area (Å²) in [5, 5.41) is 4.28. The largest absolute Gasteiger partial charge is 0.465 e. The van der Waals surface area contributed by atoms with Gasteiger partial charge in [-0.15, -0.1) is 11.3 Å². The Labute approximate surface area is 200 Å². The smallest absolute Gasteiger partial charge is 0.341 e. The predicted molar refractivity (Wildman–Crippen MR) is 126 cm³/mol. The zero-order valence-corrected chi connectivity index (χ0v) is 20.1. The van der Waals surface area contributed by atoms with Gasteiger partial charge in [0, 0.05) is 48.3 Å². The summed E-state index contributed by atoms with van der Waals surface area (Å²) in [6, 6.07) is 5.46. The number of halogens is 2. The molecule has 11 heteroatoms. The van der Waals surface area contributed by atoms with Crippen LogP contribution in [-0.4, -0.2) is 67.4 Å². The fourth-order valence-electron chi connectivity index (χ4n) is 3.57. The molecule has 2 amide bonds.